The second-order valence-corrected chi connectivity index (χ2v) is 5.31. The number of piperidine rings is 1. The first-order valence-electron chi connectivity index (χ1n) is 5.31. The van der Waals surface area contributed by atoms with Gasteiger partial charge in [-0.15, -0.1) is 11.8 Å². The predicted octanol–water partition coefficient (Wildman–Crippen LogP) is 2.56. The van der Waals surface area contributed by atoms with Crippen LogP contribution in [0.4, 0.5) is 4.39 Å². The predicted molar refractivity (Wildman–Crippen MR) is 62.7 cm³/mol. The van der Waals surface area contributed by atoms with E-state index in [4.69, 9.17) is 0 Å². The van der Waals surface area contributed by atoms with Gasteiger partial charge in [0.2, 0.25) is 0 Å². The van der Waals surface area contributed by atoms with E-state index in [9.17, 15) is 9.65 Å². The zero-order valence-corrected chi connectivity index (χ0v) is 9.69. The van der Waals surface area contributed by atoms with Crippen LogP contribution in [0.1, 0.15) is 12.8 Å². The minimum absolute atomic E-state index is 0.236. The Morgan fingerprint density at radius 2 is 2.00 bits per heavy atom. The van der Waals surface area contributed by atoms with Crippen molar-refractivity contribution in [3.63, 3.8) is 0 Å². The van der Waals surface area contributed by atoms with E-state index in [-0.39, 0.29) is 5.82 Å². The van der Waals surface area contributed by atoms with Crippen LogP contribution in [0.2, 0.25) is 0 Å². The van der Waals surface area contributed by atoms with Gasteiger partial charge in [0, 0.05) is 4.90 Å². The first-order chi connectivity index (χ1) is 7.76. The van der Waals surface area contributed by atoms with Gasteiger partial charge in [0.1, 0.15) is 10.6 Å². The molecule has 0 unspecified atom stereocenters. The number of benzene rings is 1. The zero-order valence-electron chi connectivity index (χ0n) is 8.87. The van der Waals surface area contributed by atoms with E-state index in [1.165, 1.54) is 17.8 Å². The third-order valence-corrected chi connectivity index (χ3v) is 4.20. The quantitative estimate of drug-likeness (QED) is 0.857. The Hall–Kier alpha value is -1.05. The summed E-state index contributed by atoms with van der Waals surface area (Å²) in [5, 5.41) is 12.5. The van der Waals surface area contributed by atoms with E-state index >= 15 is 0 Å². The van der Waals surface area contributed by atoms with Gasteiger partial charge in [0.25, 0.3) is 0 Å². The van der Waals surface area contributed by atoms with Gasteiger partial charge in [-0.25, -0.2) is 4.39 Å². The van der Waals surface area contributed by atoms with Gasteiger partial charge in [0.05, 0.1) is 6.07 Å². The fourth-order valence-electron chi connectivity index (χ4n) is 1.81. The minimum atomic E-state index is -0.465. The lowest BCUT2D eigenvalue weighted by molar-refractivity contribution is 0.475. The molecule has 16 heavy (non-hydrogen) atoms. The maximum Gasteiger partial charge on any atom is 0.136 e. The Balaban J connectivity index is 2.19. The molecule has 2 rings (SSSR count). The first-order valence-corrected chi connectivity index (χ1v) is 6.13. The molecule has 0 saturated carbocycles. The van der Waals surface area contributed by atoms with Crippen LogP contribution >= 0.6 is 11.8 Å². The summed E-state index contributed by atoms with van der Waals surface area (Å²) >= 11 is 1.36. The van der Waals surface area contributed by atoms with Crippen molar-refractivity contribution in [2.45, 2.75) is 22.5 Å². The molecule has 0 radical (unpaired) electrons. The van der Waals surface area contributed by atoms with Crippen LogP contribution in [0.3, 0.4) is 0 Å². The molecule has 1 fully saturated rings. The molecule has 1 heterocycles. The van der Waals surface area contributed by atoms with Gasteiger partial charge in [-0.2, -0.15) is 5.26 Å². The van der Waals surface area contributed by atoms with Crippen molar-refractivity contribution in [1.82, 2.24) is 5.32 Å². The molecule has 0 amide bonds. The highest BCUT2D eigenvalue weighted by molar-refractivity contribution is 8.01. The highest BCUT2D eigenvalue weighted by atomic mass is 32.2. The molecule has 4 heteroatoms. The second-order valence-electron chi connectivity index (χ2n) is 3.89. The average Bonchev–Trinajstić information content (AvgIpc) is 2.33. The first kappa shape index (κ1) is 11.4. The van der Waals surface area contributed by atoms with Gasteiger partial charge >= 0.3 is 0 Å². The molecular weight excluding hydrogens is 223 g/mol. The third-order valence-electron chi connectivity index (χ3n) is 2.76. The summed E-state index contributed by atoms with van der Waals surface area (Å²) in [7, 11) is 0. The molecule has 1 aromatic rings. The number of nitriles is 1. The standard InChI is InChI=1S/C12H13FN2S/c13-10-3-1-2-4-11(10)16-12(9-14)5-7-15-8-6-12/h1-4,15H,5-8H2. The summed E-state index contributed by atoms with van der Waals surface area (Å²) in [5.74, 6) is -0.236. The van der Waals surface area contributed by atoms with Crippen LogP contribution < -0.4 is 5.32 Å². The number of rotatable bonds is 2. The molecule has 0 bridgehead atoms. The lowest BCUT2D eigenvalue weighted by Crippen LogP contribution is -2.38. The molecule has 0 aromatic heterocycles. The summed E-state index contributed by atoms with van der Waals surface area (Å²) in [6, 6.07) is 9.00. The number of hydrogen-bond acceptors (Lipinski definition) is 3. The lowest BCUT2D eigenvalue weighted by atomic mass is 9.99. The monoisotopic (exact) mass is 236 g/mol. The van der Waals surface area contributed by atoms with E-state index < -0.39 is 4.75 Å². The molecule has 1 aliphatic rings. The lowest BCUT2D eigenvalue weighted by Gasteiger charge is -2.30. The van der Waals surface area contributed by atoms with E-state index in [2.05, 4.69) is 11.4 Å². The zero-order chi connectivity index (χ0) is 11.4. The maximum absolute atomic E-state index is 13.5. The van der Waals surface area contributed by atoms with Gasteiger partial charge in [-0.1, -0.05) is 12.1 Å². The molecule has 0 spiro atoms. The van der Waals surface area contributed by atoms with Crippen molar-refractivity contribution in [2.75, 3.05) is 13.1 Å². The van der Waals surface area contributed by atoms with E-state index in [1.54, 1.807) is 18.2 Å². The smallest absolute Gasteiger partial charge is 0.136 e. The number of nitrogens with one attached hydrogen (secondary N) is 1. The summed E-state index contributed by atoms with van der Waals surface area (Å²) < 4.78 is 13.0. The third kappa shape index (κ3) is 2.37. The van der Waals surface area contributed by atoms with Crippen molar-refractivity contribution in [3.8, 4) is 6.07 Å². The Morgan fingerprint density at radius 1 is 1.31 bits per heavy atom. The average molecular weight is 236 g/mol. The largest absolute Gasteiger partial charge is 0.317 e. The van der Waals surface area contributed by atoms with Gasteiger partial charge < -0.3 is 5.32 Å². The van der Waals surface area contributed by atoms with Crippen LogP contribution in [-0.2, 0) is 0 Å². The Morgan fingerprint density at radius 3 is 2.62 bits per heavy atom. The van der Waals surface area contributed by atoms with Gasteiger partial charge in [-0.3, -0.25) is 0 Å². The summed E-state index contributed by atoms with van der Waals surface area (Å²) in [4.78, 5) is 0.575. The van der Waals surface area contributed by atoms with E-state index in [0.717, 1.165) is 25.9 Å². The topological polar surface area (TPSA) is 35.8 Å². The Bertz CT molecular complexity index is 408. The molecule has 1 saturated heterocycles. The van der Waals surface area contributed by atoms with Gasteiger partial charge in [0.15, 0.2) is 0 Å². The van der Waals surface area contributed by atoms with Crippen molar-refractivity contribution < 1.29 is 4.39 Å². The molecular formula is C12H13FN2S. The molecule has 84 valence electrons. The fraction of sp³-hybridized carbons (Fsp3) is 0.417. The van der Waals surface area contributed by atoms with E-state index in [0.29, 0.717) is 4.90 Å². The van der Waals surface area contributed by atoms with Crippen LogP contribution in [0.15, 0.2) is 29.2 Å². The number of hydrogen-bond donors (Lipinski definition) is 1. The fourth-order valence-corrected chi connectivity index (χ4v) is 2.99. The van der Waals surface area contributed by atoms with Crippen molar-refractivity contribution in [2.24, 2.45) is 0 Å². The number of halogens is 1. The van der Waals surface area contributed by atoms with Crippen molar-refractivity contribution >= 4 is 11.8 Å². The number of thioether (sulfide) groups is 1. The molecule has 1 N–H and O–H groups in total. The summed E-state index contributed by atoms with van der Waals surface area (Å²) in [6.45, 7) is 1.66. The Labute approximate surface area is 98.8 Å². The molecule has 1 aromatic carbocycles. The maximum atomic E-state index is 13.5. The second kappa shape index (κ2) is 4.86. The van der Waals surface area contributed by atoms with E-state index in [1.807, 2.05) is 0 Å². The molecule has 2 nitrogen and oxygen atoms in total. The van der Waals surface area contributed by atoms with Crippen LogP contribution in [-0.4, -0.2) is 17.8 Å². The normalized spacial score (nSPS) is 19.0. The minimum Gasteiger partial charge on any atom is -0.317 e. The molecule has 1 aliphatic heterocycles. The molecule has 0 atom stereocenters. The van der Waals surface area contributed by atoms with Crippen LogP contribution in [0.25, 0.3) is 0 Å². The number of nitrogens with zero attached hydrogens (tertiary/aromatic N) is 1. The molecule has 0 aliphatic carbocycles. The Kier molecular flexibility index (Phi) is 3.47. The van der Waals surface area contributed by atoms with Crippen molar-refractivity contribution in [3.05, 3.63) is 30.1 Å². The van der Waals surface area contributed by atoms with Gasteiger partial charge in [-0.05, 0) is 38.1 Å². The van der Waals surface area contributed by atoms with Crippen LogP contribution in [0.5, 0.6) is 0 Å². The SMILES string of the molecule is N#CC1(Sc2ccccc2F)CCNCC1. The summed E-state index contributed by atoms with van der Waals surface area (Å²) in [5.41, 5.74) is 0. The highest BCUT2D eigenvalue weighted by Gasteiger charge is 2.33. The highest BCUT2D eigenvalue weighted by Crippen LogP contribution is 2.39. The summed E-state index contributed by atoms with van der Waals surface area (Å²) in [6.07, 6.45) is 1.53. The van der Waals surface area contributed by atoms with Crippen LogP contribution in [0, 0.1) is 17.1 Å². The van der Waals surface area contributed by atoms with Crippen molar-refractivity contribution in [1.29, 1.82) is 5.26 Å².